The van der Waals surface area contributed by atoms with Crippen molar-refractivity contribution in [3.8, 4) is 0 Å². The van der Waals surface area contributed by atoms with Crippen molar-refractivity contribution in [3.63, 3.8) is 0 Å². The van der Waals surface area contributed by atoms with Crippen LogP contribution in [0.2, 0.25) is 0 Å². The summed E-state index contributed by atoms with van der Waals surface area (Å²) in [7, 11) is 1.34. The molecular weight excluding hydrogens is 352 g/mol. The van der Waals surface area contributed by atoms with Gasteiger partial charge in [-0.3, -0.25) is 4.79 Å². The van der Waals surface area contributed by atoms with Gasteiger partial charge in [-0.05, 0) is 26.2 Å². The van der Waals surface area contributed by atoms with Gasteiger partial charge in [0, 0.05) is 31.1 Å². The Morgan fingerprint density at radius 2 is 2.04 bits per heavy atom. The van der Waals surface area contributed by atoms with E-state index < -0.39 is 5.97 Å². The van der Waals surface area contributed by atoms with E-state index in [2.05, 4.69) is 18.8 Å². The van der Waals surface area contributed by atoms with Crippen LogP contribution >= 0.6 is 11.3 Å². The summed E-state index contributed by atoms with van der Waals surface area (Å²) in [6.07, 6.45) is 4.69. The molecule has 0 aliphatic rings. The molecule has 1 aromatic heterocycles. The fourth-order valence-electron chi connectivity index (χ4n) is 2.73. The summed E-state index contributed by atoms with van der Waals surface area (Å²) in [5.74, 6) is -0.231. The number of aromatic nitrogens is 1. The zero-order valence-electron chi connectivity index (χ0n) is 16.5. The summed E-state index contributed by atoms with van der Waals surface area (Å²) in [6, 6.07) is 0. The van der Waals surface area contributed by atoms with E-state index in [1.165, 1.54) is 18.4 Å². The minimum absolute atomic E-state index is 0.0436. The van der Waals surface area contributed by atoms with Crippen LogP contribution in [0.4, 0.5) is 0 Å². The molecule has 1 amide bonds. The summed E-state index contributed by atoms with van der Waals surface area (Å²) in [5, 5.41) is 2.43. The fourth-order valence-corrected chi connectivity index (χ4v) is 3.50. The Labute approximate surface area is 160 Å². The van der Waals surface area contributed by atoms with E-state index in [9.17, 15) is 9.59 Å². The molecule has 7 heteroatoms. The molecule has 1 atom stereocenters. The summed E-state index contributed by atoms with van der Waals surface area (Å²) in [6.45, 7) is 8.54. The van der Waals surface area contributed by atoms with Gasteiger partial charge >= 0.3 is 5.97 Å². The van der Waals surface area contributed by atoms with E-state index >= 15 is 0 Å². The largest absolute Gasteiger partial charge is 0.464 e. The number of carbonyl (C=O) groups excluding carboxylic acids is 2. The van der Waals surface area contributed by atoms with Crippen molar-refractivity contribution in [3.05, 3.63) is 16.1 Å². The summed E-state index contributed by atoms with van der Waals surface area (Å²) in [4.78, 5) is 30.8. The Hall–Kier alpha value is -1.47. The first kappa shape index (κ1) is 22.6. The molecule has 1 rings (SSSR count). The maximum atomic E-state index is 13.0. The van der Waals surface area contributed by atoms with Gasteiger partial charge in [-0.25, -0.2) is 9.78 Å². The molecule has 26 heavy (non-hydrogen) atoms. The lowest BCUT2D eigenvalue weighted by Crippen LogP contribution is -2.36. The van der Waals surface area contributed by atoms with Crippen molar-refractivity contribution < 1.29 is 19.1 Å². The van der Waals surface area contributed by atoms with Crippen LogP contribution < -0.4 is 0 Å². The smallest absolute Gasteiger partial charge is 0.357 e. The van der Waals surface area contributed by atoms with Crippen LogP contribution in [0, 0.1) is 5.92 Å². The average Bonchev–Trinajstić information content (AvgIpc) is 3.12. The van der Waals surface area contributed by atoms with Gasteiger partial charge in [0.15, 0.2) is 5.69 Å². The predicted octanol–water partition coefficient (Wildman–Crippen LogP) is 3.90. The Bertz CT molecular complexity index is 547. The van der Waals surface area contributed by atoms with Gasteiger partial charge < -0.3 is 14.4 Å². The molecule has 0 bridgehead atoms. The number of amides is 1. The molecule has 1 aromatic rings. The quantitative estimate of drug-likeness (QED) is 0.381. The van der Waals surface area contributed by atoms with E-state index in [1.54, 1.807) is 5.38 Å². The second-order valence-corrected chi connectivity index (χ2v) is 7.12. The van der Waals surface area contributed by atoms with E-state index in [1.807, 2.05) is 11.8 Å². The average molecular weight is 385 g/mol. The van der Waals surface area contributed by atoms with Crippen molar-refractivity contribution >= 4 is 23.2 Å². The van der Waals surface area contributed by atoms with Crippen LogP contribution in [-0.4, -0.2) is 48.6 Å². The molecule has 0 N–H and O–H groups in total. The number of methoxy groups -OCH3 is 1. The molecule has 0 aromatic carbocycles. The Morgan fingerprint density at radius 1 is 1.27 bits per heavy atom. The molecule has 0 spiro atoms. The Morgan fingerprint density at radius 3 is 2.65 bits per heavy atom. The maximum Gasteiger partial charge on any atom is 0.357 e. The highest BCUT2D eigenvalue weighted by molar-refractivity contribution is 7.09. The first-order chi connectivity index (χ1) is 12.6. The zero-order valence-corrected chi connectivity index (χ0v) is 17.3. The van der Waals surface area contributed by atoms with E-state index in [-0.39, 0.29) is 11.8 Å². The molecule has 148 valence electrons. The number of carbonyl (C=O) groups is 2. The van der Waals surface area contributed by atoms with Crippen LogP contribution in [0.3, 0.4) is 0 Å². The van der Waals surface area contributed by atoms with Gasteiger partial charge in [0.2, 0.25) is 5.91 Å². The number of nitrogens with zero attached hydrogens (tertiary/aromatic N) is 2. The lowest BCUT2D eigenvalue weighted by molar-refractivity contribution is -0.136. The Balaban J connectivity index is 2.80. The number of hydrogen-bond donors (Lipinski definition) is 0. The highest BCUT2D eigenvalue weighted by Gasteiger charge is 2.24. The molecule has 0 saturated heterocycles. The van der Waals surface area contributed by atoms with E-state index in [0.29, 0.717) is 32.0 Å². The minimum Gasteiger partial charge on any atom is -0.464 e. The summed E-state index contributed by atoms with van der Waals surface area (Å²) >= 11 is 1.38. The number of rotatable bonds is 13. The highest BCUT2D eigenvalue weighted by Crippen LogP contribution is 2.20. The van der Waals surface area contributed by atoms with Crippen molar-refractivity contribution in [2.75, 3.05) is 26.9 Å². The number of thiazole rings is 1. The van der Waals surface area contributed by atoms with Crippen LogP contribution in [0.25, 0.3) is 0 Å². The first-order valence-electron chi connectivity index (χ1n) is 9.46. The number of unbranched alkanes of at least 4 members (excludes halogenated alkanes) is 1. The second kappa shape index (κ2) is 12.8. The molecule has 0 aliphatic heterocycles. The minimum atomic E-state index is -0.448. The summed E-state index contributed by atoms with van der Waals surface area (Å²) < 4.78 is 10.1. The molecule has 0 saturated carbocycles. The molecular formula is C19H32N2O4S. The standard InChI is InChI=1S/C19H32N2O4S/c1-5-8-10-15(6-2)18(22)21(11-9-12-25-7-3)13-17-20-16(14-26-17)19(23)24-4/h14-15H,5-13H2,1-4H3/t15-/m0/s1. The fraction of sp³-hybridized carbons (Fsp3) is 0.737. The van der Waals surface area contributed by atoms with Gasteiger partial charge in [0.1, 0.15) is 5.01 Å². The van der Waals surface area contributed by atoms with Crippen LogP contribution in [0.1, 0.15) is 68.4 Å². The number of ether oxygens (including phenoxy) is 2. The van der Waals surface area contributed by atoms with Crippen LogP contribution in [-0.2, 0) is 20.8 Å². The molecule has 0 fully saturated rings. The summed E-state index contributed by atoms with van der Waals surface area (Å²) in [5.41, 5.74) is 0.298. The molecule has 0 unspecified atom stereocenters. The van der Waals surface area contributed by atoms with Crippen molar-refractivity contribution in [1.82, 2.24) is 9.88 Å². The van der Waals surface area contributed by atoms with Crippen molar-refractivity contribution in [1.29, 1.82) is 0 Å². The molecule has 0 radical (unpaired) electrons. The number of hydrogen-bond acceptors (Lipinski definition) is 6. The Kier molecular flexibility index (Phi) is 11.1. The SMILES string of the molecule is CCCC[C@H](CC)C(=O)N(CCCOCC)Cc1nc(C(=O)OC)cs1. The van der Waals surface area contributed by atoms with Crippen molar-refractivity contribution in [2.24, 2.45) is 5.92 Å². The van der Waals surface area contributed by atoms with Crippen LogP contribution in [0.5, 0.6) is 0 Å². The lowest BCUT2D eigenvalue weighted by atomic mass is 9.97. The normalized spacial score (nSPS) is 12.0. The predicted molar refractivity (Wildman–Crippen MR) is 103 cm³/mol. The third-order valence-corrected chi connectivity index (χ3v) is 5.09. The van der Waals surface area contributed by atoms with Crippen molar-refractivity contribution in [2.45, 2.75) is 59.4 Å². The second-order valence-electron chi connectivity index (χ2n) is 6.18. The maximum absolute atomic E-state index is 13.0. The van der Waals surface area contributed by atoms with E-state index in [0.717, 1.165) is 37.1 Å². The van der Waals surface area contributed by atoms with Crippen LogP contribution in [0.15, 0.2) is 5.38 Å². The van der Waals surface area contributed by atoms with Gasteiger partial charge in [-0.2, -0.15) is 0 Å². The van der Waals surface area contributed by atoms with Gasteiger partial charge in [0.25, 0.3) is 0 Å². The first-order valence-corrected chi connectivity index (χ1v) is 10.3. The molecule has 0 aliphatic carbocycles. The molecule has 1 heterocycles. The van der Waals surface area contributed by atoms with Gasteiger partial charge in [-0.1, -0.05) is 26.7 Å². The lowest BCUT2D eigenvalue weighted by Gasteiger charge is -2.26. The monoisotopic (exact) mass is 384 g/mol. The molecule has 6 nitrogen and oxygen atoms in total. The van der Waals surface area contributed by atoms with E-state index in [4.69, 9.17) is 9.47 Å². The number of esters is 1. The topological polar surface area (TPSA) is 68.7 Å². The third-order valence-electron chi connectivity index (χ3n) is 4.25. The van der Waals surface area contributed by atoms with Gasteiger partial charge in [0.05, 0.1) is 13.7 Å². The van der Waals surface area contributed by atoms with Gasteiger partial charge in [-0.15, -0.1) is 11.3 Å². The highest BCUT2D eigenvalue weighted by atomic mass is 32.1. The zero-order chi connectivity index (χ0) is 19.4. The third kappa shape index (κ3) is 7.41.